The van der Waals surface area contributed by atoms with Crippen molar-refractivity contribution >= 4 is 23.6 Å². The highest BCUT2D eigenvalue weighted by Crippen LogP contribution is 2.38. The van der Waals surface area contributed by atoms with Crippen LogP contribution in [-0.2, 0) is 23.9 Å². The molecule has 52 heavy (non-hydrogen) atoms. The van der Waals surface area contributed by atoms with Gasteiger partial charge in [0, 0.05) is 19.4 Å². The van der Waals surface area contributed by atoms with E-state index in [2.05, 4.69) is 19.2 Å². The molecule has 0 aromatic heterocycles. The standard InChI is InChI=1S/C39H75N5O8/c1-4-6-8-10-12-14-15-16-18-20-22-24-26-43(35(48)25-23-21-19-17-13-11-9-7-5-2)39(27-32(46)37(50)33(30-45)52-39)44(38(51)31(3)41)36(49)29-42-34(47)28-40/h31-33,37,45-46,50H,4-30,40-41H2,1-3H3,(H,42,47)/t31-,32+,33+,37-,39+/m0/s1. The maximum absolute atomic E-state index is 14.3. The summed E-state index contributed by atoms with van der Waals surface area (Å²) in [6.07, 6.45) is 17.8. The van der Waals surface area contributed by atoms with E-state index in [1.807, 2.05) is 0 Å². The number of rotatable bonds is 30. The minimum absolute atomic E-state index is 0.0970. The lowest BCUT2D eigenvalue weighted by atomic mass is 9.94. The van der Waals surface area contributed by atoms with Crippen LogP contribution >= 0.6 is 0 Å². The molecule has 13 heteroatoms. The number of hydrogen-bond donors (Lipinski definition) is 6. The number of aliphatic hydroxyl groups is 3. The van der Waals surface area contributed by atoms with Crippen molar-refractivity contribution in [2.75, 3.05) is 26.2 Å². The van der Waals surface area contributed by atoms with Gasteiger partial charge in [-0.1, -0.05) is 136 Å². The highest BCUT2D eigenvalue weighted by Gasteiger charge is 2.58. The van der Waals surface area contributed by atoms with E-state index in [1.165, 1.54) is 82.5 Å². The van der Waals surface area contributed by atoms with E-state index in [1.54, 1.807) is 0 Å². The van der Waals surface area contributed by atoms with Gasteiger partial charge in [0.25, 0.3) is 5.91 Å². The number of unbranched alkanes of at least 4 members (excludes halogenated alkanes) is 19. The van der Waals surface area contributed by atoms with E-state index < -0.39 is 74.0 Å². The second-order valence-corrected chi connectivity index (χ2v) is 14.7. The molecule has 0 spiro atoms. The maximum atomic E-state index is 14.3. The van der Waals surface area contributed by atoms with Crippen LogP contribution in [0.4, 0.5) is 0 Å². The highest BCUT2D eigenvalue weighted by atomic mass is 16.6. The molecule has 8 N–H and O–H groups in total. The first kappa shape index (κ1) is 47.9. The zero-order chi connectivity index (χ0) is 38.8. The van der Waals surface area contributed by atoms with Crippen molar-refractivity contribution < 1.29 is 39.2 Å². The van der Waals surface area contributed by atoms with Gasteiger partial charge in [0.15, 0.2) is 0 Å². The Hall–Kier alpha value is -2.16. The van der Waals surface area contributed by atoms with Crippen LogP contribution in [0.25, 0.3) is 0 Å². The molecule has 304 valence electrons. The van der Waals surface area contributed by atoms with Crippen molar-refractivity contribution in [3.8, 4) is 0 Å². The normalized spacial score (nSPS) is 20.7. The van der Waals surface area contributed by atoms with Gasteiger partial charge in [-0.25, -0.2) is 4.90 Å². The Kier molecular flexibility index (Phi) is 26.1. The molecule has 0 unspecified atom stereocenters. The lowest BCUT2D eigenvalue weighted by Crippen LogP contribution is -2.75. The number of imide groups is 1. The summed E-state index contributed by atoms with van der Waals surface area (Å²) in [6.45, 7) is 4.09. The smallest absolute Gasteiger partial charge is 0.252 e. The Labute approximate surface area is 313 Å². The second-order valence-electron chi connectivity index (χ2n) is 14.7. The molecule has 1 fully saturated rings. The topological polar surface area (TPSA) is 209 Å². The summed E-state index contributed by atoms with van der Waals surface area (Å²) in [6, 6.07) is -1.23. The van der Waals surface area contributed by atoms with Gasteiger partial charge in [-0.2, -0.15) is 0 Å². The van der Waals surface area contributed by atoms with Crippen molar-refractivity contribution in [2.45, 2.75) is 199 Å². The number of ether oxygens (including phenoxy) is 1. The zero-order valence-corrected chi connectivity index (χ0v) is 32.8. The SMILES string of the molecule is CCCCCCCCCCCCCCN(C(=O)CCCCCCCCCCC)[C@@]1(N(C(=O)CNC(=O)CN)C(=O)[C@H](C)N)C[C@@H](O)[C@H](O)[C@@H](CO)O1. The minimum Gasteiger partial charge on any atom is -0.394 e. The average molecular weight is 742 g/mol. The molecule has 0 aromatic rings. The summed E-state index contributed by atoms with van der Waals surface area (Å²) in [4.78, 5) is 56.1. The van der Waals surface area contributed by atoms with Crippen LogP contribution in [0.2, 0.25) is 0 Å². The van der Waals surface area contributed by atoms with E-state index in [-0.39, 0.29) is 18.9 Å². The molecule has 1 aliphatic heterocycles. The first-order chi connectivity index (χ1) is 25.0. The first-order valence-corrected chi connectivity index (χ1v) is 20.5. The van der Waals surface area contributed by atoms with Crippen molar-refractivity contribution in [3.05, 3.63) is 0 Å². The summed E-state index contributed by atoms with van der Waals surface area (Å²) in [5.74, 6) is -5.07. The molecule has 0 bridgehead atoms. The van der Waals surface area contributed by atoms with E-state index in [0.29, 0.717) is 17.7 Å². The molecule has 4 amide bonds. The van der Waals surface area contributed by atoms with Gasteiger partial charge >= 0.3 is 0 Å². The number of hydrogen-bond acceptors (Lipinski definition) is 10. The van der Waals surface area contributed by atoms with Crippen LogP contribution in [0, 0.1) is 0 Å². The number of amides is 4. The largest absolute Gasteiger partial charge is 0.394 e. The Bertz CT molecular complexity index is 1000. The number of nitrogens with two attached hydrogens (primary N) is 2. The van der Waals surface area contributed by atoms with Crippen molar-refractivity contribution in [1.82, 2.24) is 15.1 Å². The van der Waals surface area contributed by atoms with Gasteiger partial charge in [-0.05, 0) is 19.8 Å². The molecule has 13 nitrogen and oxygen atoms in total. The third-order valence-corrected chi connectivity index (χ3v) is 10.1. The van der Waals surface area contributed by atoms with Gasteiger partial charge in [0.05, 0.1) is 31.8 Å². The molecule has 1 rings (SSSR count). The molecule has 5 atom stereocenters. The molecule has 0 saturated carbocycles. The van der Waals surface area contributed by atoms with Crippen LogP contribution in [-0.4, -0.2) is 105 Å². The van der Waals surface area contributed by atoms with E-state index in [0.717, 1.165) is 51.4 Å². The summed E-state index contributed by atoms with van der Waals surface area (Å²) in [7, 11) is 0. The van der Waals surface area contributed by atoms with Gasteiger partial charge in [-0.15, -0.1) is 0 Å². The minimum atomic E-state index is -2.21. The summed E-state index contributed by atoms with van der Waals surface area (Å²) < 4.78 is 6.26. The monoisotopic (exact) mass is 742 g/mol. The van der Waals surface area contributed by atoms with Crippen molar-refractivity contribution in [2.24, 2.45) is 11.5 Å². The number of carbonyl (C=O) groups excluding carboxylic acids is 4. The fraction of sp³-hybridized carbons (Fsp3) is 0.897. The molecule has 0 aromatic carbocycles. The fourth-order valence-electron chi connectivity index (χ4n) is 6.93. The first-order valence-electron chi connectivity index (χ1n) is 20.5. The van der Waals surface area contributed by atoms with E-state index in [4.69, 9.17) is 16.2 Å². The average Bonchev–Trinajstić information content (AvgIpc) is 3.13. The molecule has 0 aliphatic carbocycles. The van der Waals surface area contributed by atoms with Crippen LogP contribution in [0.1, 0.15) is 168 Å². The number of carbonyl (C=O) groups is 4. The summed E-state index contributed by atoms with van der Waals surface area (Å²) in [5.41, 5.74) is 11.5. The number of aliphatic hydroxyl groups excluding tert-OH is 3. The summed E-state index contributed by atoms with van der Waals surface area (Å²) in [5, 5.41) is 34.4. The molecule has 1 saturated heterocycles. The maximum Gasteiger partial charge on any atom is 0.252 e. The van der Waals surface area contributed by atoms with Crippen LogP contribution in [0.15, 0.2) is 0 Å². The molecule has 1 heterocycles. The quantitative estimate of drug-likeness (QED) is 0.0453. The second kappa shape index (κ2) is 28.3. The van der Waals surface area contributed by atoms with Crippen molar-refractivity contribution in [1.29, 1.82) is 0 Å². The lowest BCUT2D eigenvalue weighted by Gasteiger charge is -2.54. The Morgan fingerprint density at radius 3 is 1.67 bits per heavy atom. The Morgan fingerprint density at radius 2 is 1.23 bits per heavy atom. The molecular formula is C39H75N5O8. The van der Waals surface area contributed by atoms with Crippen LogP contribution < -0.4 is 16.8 Å². The van der Waals surface area contributed by atoms with E-state index >= 15 is 0 Å². The van der Waals surface area contributed by atoms with E-state index in [9.17, 15) is 34.5 Å². The third kappa shape index (κ3) is 17.3. The fourth-order valence-corrected chi connectivity index (χ4v) is 6.93. The lowest BCUT2D eigenvalue weighted by molar-refractivity contribution is -0.312. The highest BCUT2D eigenvalue weighted by molar-refractivity contribution is 6.00. The molecule has 1 aliphatic rings. The third-order valence-electron chi connectivity index (χ3n) is 10.1. The molecule has 0 radical (unpaired) electrons. The summed E-state index contributed by atoms with van der Waals surface area (Å²) >= 11 is 0. The predicted octanol–water partition coefficient (Wildman–Crippen LogP) is 4.37. The molecular weight excluding hydrogens is 666 g/mol. The number of nitrogens with zero attached hydrogens (tertiary/aromatic N) is 2. The number of nitrogens with one attached hydrogen (secondary N) is 1. The van der Waals surface area contributed by atoms with Gasteiger partial charge in [-0.3, -0.25) is 24.1 Å². The zero-order valence-electron chi connectivity index (χ0n) is 32.8. The Morgan fingerprint density at radius 1 is 0.769 bits per heavy atom. The van der Waals surface area contributed by atoms with Crippen LogP contribution in [0.5, 0.6) is 0 Å². The van der Waals surface area contributed by atoms with Crippen molar-refractivity contribution in [3.63, 3.8) is 0 Å². The Balaban J connectivity index is 3.28. The van der Waals surface area contributed by atoms with Crippen LogP contribution in [0.3, 0.4) is 0 Å². The van der Waals surface area contributed by atoms with Gasteiger partial charge < -0.3 is 36.8 Å². The predicted molar refractivity (Wildman–Crippen MR) is 204 cm³/mol. The van der Waals surface area contributed by atoms with Gasteiger partial charge in [0.1, 0.15) is 12.2 Å². The van der Waals surface area contributed by atoms with Gasteiger partial charge in [0.2, 0.25) is 23.6 Å².